The standard InChI is InChI=1S/C27H29N3O2/c1-19(2)22-13-11-21(12-14-22)17-20(3)18-28-30-27(32)16-15-26(31)29-25-10-6-8-23-7-4-5-9-24(23)25/h4-14,17-19H,15-16H2,1-3H3,(H,29,31)(H,30,32)/b20-17+,28-18?. The minimum absolute atomic E-state index is 0.0629. The van der Waals surface area contributed by atoms with Crippen LogP contribution in [0.4, 0.5) is 5.69 Å². The Bertz CT molecular complexity index is 1140. The predicted octanol–water partition coefficient (Wildman–Crippen LogP) is 5.89. The molecule has 0 heterocycles. The van der Waals surface area contributed by atoms with E-state index in [2.05, 4.69) is 54.0 Å². The monoisotopic (exact) mass is 427 g/mol. The summed E-state index contributed by atoms with van der Waals surface area (Å²) in [6.45, 7) is 6.25. The average Bonchev–Trinajstić information content (AvgIpc) is 2.78. The largest absolute Gasteiger partial charge is 0.326 e. The van der Waals surface area contributed by atoms with Crippen molar-refractivity contribution in [2.75, 3.05) is 5.32 Å². The Morgan fingerprint density at radius 3 is 2.34 bits per heavy atom. The van der Waals surface area contributed by atoms with Crippen molar-refractivity contribution in [3.63, 3.8) is 0 Å². The summed E-state index contributed by atoms with van der Waals surface area (Å²) in [7, 11) is 0. The van der Waals surface area contributed by atoms with Crippen molar-refractivity contribution in [3.8, 4) is 0 Å². The first-order valence-electron chi connectivity index (χ1n) is 10.8. The number of rotatable bonds is 8. The highest BCUT2D eigenvalue weighted by Crippen LogP contribution is 2.23. The molecule has 3 rings (SSSR count). The van der Waals surface area contributed by atoms with Gasteiger partial charge in [0, 0.05) is 23.9 Å². The van der Waals surface area contributed by atoms with E-state index in [-0.39, 0.29) is 24.7 Å². The second kappa shape index (κ2) is 11.0. The topological polar surface area (TPSA) is 70.6 Å². The maximum absolute atomic E-state index is 12.3. The number of carbonyl (C=O) groups excluding carboxylic acids is 2. The van der Waals surface area contributed by atoms with E-state index in [1.54, 1.807) is 6.21 Å². The minimum atomic E-state index is -0.302. The Morgan fingerprint density at radius 2 is 1.59 bits per heavy atom. The van der Waals surface area contributed by atoms with Crippen molar-refractivity contribution in [1.29, 1.82) is 0 Å². The summed E-state index contributed by atoms with van der Waals surface area (Å²) in [4.78, 5) is 24.3. The van der Waals surface area contributed by atoms with E-state index in [1.165, 1.54) is 5.56 Å². The van der Waals surface area contributed by atoms with Gasteiger partial charge in [0.1, 0.15) is 0 Å². The molecule has 164 valence electrons. The van der Waals surface area contributed by atoms with Gasteiger partial charge in [-0.15, -0.1) is 0 Å². The van der Waals surface area contributed by atoms with Gasteiger partial charge >= 0.3 is 0 Å². The molecule has 0 unspecified atom stereocenters. The summed E-state index contributed by atoms with van der Waals surface area (Å²) in [5.41, 5.74) is 6.51. The third-order valence-electron chi connectivity index (χ3n) is 5.10. The molecule has 0 aromatic heterocycles. The van der Waals surface area contributed by atoms with E-state index in [0.717, 1.165) is 27.6 Å². The van der Waals surface area contributed by atoms with E-state index in [0.29, 0.717) is 5.92 Å². The van der Waals surface area contributed by atoms with Gasteiger partial charge in [-0.05, 0) is 41.0 Å². The fraction of sp³-hybridized carbons (Fsp3) is 0.222. The van der Waals surface area contributed by atoms with E-state index < -0.39 is 0 Å². The number of anilines is 1. The molecule has 2 amide bonds. The van der Waals surface area contributed by atoms with Gasteiger partial charge in [0.15, 0.2) is 0 Å². The maximum atomic E-state index is 12.3. The first kappa shape index (κ1) is 22.9. The van der Waals surface area contributed by atoms with Crippen molar-refractivity contribution >= 4 is 40.6 Å². The third kappa shape index (κ3) is 6.64. The number of carbonyl (C=O) groups is 2. The smallest absolute Gasteiger partial charge is 0.240 e. The Balaban J connectivity index is 1.46. The van der Waals surface area contributed by atoms with Crippen LogP contribution in [0.1, 0.15) is 50.7 Å². The molecule has 3 aromatic rings. The zero-order valence-electron chi connectivity index (χ0n) is 18.8. The highest BCUT2D eigenvalue weighted by atomic mass is 16.2. The van der Waals surface area contributed by atoms with Crippen LogP contribution in [0.15, 0.2) is 77.4 Å². The Labute approximate surface area is 189 Å². The highest BCUT2D eigenvalue weighted by Gasteiger charge is 2.08. The second-order valence-electron chi connectivity index (χ2n) is 8.08. The number of fused-ring (bicyclic) bond motifs is 1. The molecule has 2 N–H and O–H groups in total. The molecule has 32 heavy (non-hydrogen) atoms. The van der Waals surface area contributed by atoms with Crippen LogP contribution >= 0.6 is 0 Å². The molecule has 3 aromatic carbocycles. The lowest BCUT2D eigenvalue weighted by molar-refractivity contribution is -0.124. The summed E-state index contributed by atoms with van der Waals surface area (Å²) in [5.74, 6) is -0.00942. The van der Waals surface area contributed by atoms with Gasteiger partial charge in [-0.25, -0.2) is 5.43 Å². The fourth-order valence-corrected chi connectivity index (χ4v) is 3.31. The first-order valence-corrected chi connectivity index (χ1v) is 10.8. The molecule has 5 heteroatoms. The van der Waals surface area contributed by atoms with Gasteiger partial charge in [-0.1, -0.05) is 80.6 Å². The molecule has 5 nitrogen and oxygen atoms in total. The lowest BCUT2D eigenvalue weighted by Gasteiger charge is -2.08. The van der Waals surface area contributed by atoms with Crippen molar-refractivity contribution in [3.05, 3.63) is 83.4 Å². The van der Waals surface area contributed by atoms with Gasteiger partial charge in [-0.2, -0.15) is 5.10 Å². The van der Waals surface area contributed by atoms with Crippen LogP contribution in [-0.4, -0.2) is 18.0 Å². The van der Waals surface area contributed by atoms with Gasteiger partial charge in [0.25, 0.3) is 0 Å². The van der Waals surface area contributed by atoms with Gasteiger partial charge in [0.05, 0.1) is 6.21 Å². The third-order valence-corrected chi connectivity index (χ3v) is 5.10. The summed E-state index contributed by atoms with van der Waals surface area (Å²) >= 11 is 0. The van der Waals surface area contributed by atoms with Gasteiger partial charge in [0.2, 0.25) is 11.8 Å². The quantitative estimate of drug-likeness (QED) is 0.348. The summed E-state index contributed by atoms with van der Waals surface area (Å²) in [5, 5.41) is 8.90. The van der Waals surface area contributed by atoms with Gasteiger partial charge in [-0.3, -0.25) is 9.59 Å². The number of nitrogens with zero attached hydrogens (tertiary/aromatic N) is 1. The molecule has 0 aliphatic carbocycles. The van der Waals surface area contributed by atoms with E-state index in [1.807, 2.05) is 55.5 Å². The molecule has 0 saturated carbocycles. The molecular formula is C27H29N3O2. The SMILES string of the molecule is C/C(C=NNC(=O)CCC(=O)Nc1cccc2ccccc12)=C\c1ccc(C(C)C)cc1. The van der Waals surface area contributed by atoms with Crippen LogP contribution in [0, 0.1) is 0 Å². The lowest BCUT2D eigenvalue weighted by atomic mass is 10.0. The Kier molecular flexibility index (Phi) is 7.92. The van der Waals surface area contributed by atoms with Crippen molar-refractivity contribution in [2.45, 2.75) is 39.5 Å². The molecule has 0 radical (unpaired) electrons. The van der Waals surface area contributed by atoms with E-state index in [9.17, 15) is 9.59 Å². The molecular weight excluding hydrogens is 398 g/mol. The highest BCUT2D eigenvalue weighted by molar-refractivity contribution is 6.02. The average molecular weight is 428 g/mol. The second-order valence-corrected chi connectivity index (χ2v) is 8.08. The van der Waals surface area contributed by atoms with E-state index >= 15 is 0 Å². The number of hydrogen-bond donors (Lipinski definition) is 2. The van der Waals surface area contributed by atoms with Crippen LogP contribution < -0.4 is 10.7 Å². The summed E-state index contributed by atoms with van der Waals surface area (Å²) in [6, 6.07) is 22.0. The molecule has 0 atom stereocenters. The number of allylic oxidation sites excluding steroid dienone is 1. The lowest BCUT2D eigenvalue weighted by Crippen LogP contribution is -2.20. The number of hydrogen-bond acceptors (Lipinski definition) is 3. The number of hydrazone groups is 1. The maximum Gasteiger partial charge on any atom is 0.240 e. The molecule has 0 fully saturated rings. The number of benzene rings is 3. The number of nitrogens with one attached hydrogen (secondary N) is 2. The predicted molar refractivity (Wildman–Crippen MR) is 133 cm³/mol. The van der Waals surface area contributed by atoms with Crippen LogP contribution in [0.25, 0.3) is 16.8 Å². The van der Waals surface area contributed by atoms with Crippen LogP contribution in [0.2, 0.25) is 0 Å². The number of amides is 2. The van der Waals surface area contributed by atoms with Crippen LogP contribution in [0.3, 0.4) is 0 Å². The molecule has 0 aliphatic heterocycles. The normalized spacial score (nSPS) is 11.8. The molecule has 0 aliphatic rings. The van der Waals surface area contributed by atoms with Gasteiger partial charge < -0.3 is 5.32 Å². The molecule has 0 spiro atoms. The first-order chi connectivity index (χ1) is 15.4. The van der Waals surface area contributed by atoms with Crippen molar-refractivity contribution in [1.82, 2.24) is 5.43 Å². The van der Waals surface area contributed by atoms with E-state index in [4.69, 9.17) is 0 Å². The fourth-order valence-electron chi connectivity index (χ4n) is 3.31. The Morgan fingerprint density at radius 1 is 0.906 bits per heavy atom. The summed E-state index contributed by atoms with van der Waals surface area (Å²) in [6.07, 6.45) is 3.75. The van der Waals surface area contributed by atoms with Crippen LogP contribution in [0.5, 0.6) is 0 Å². The zero-order valence-corrected chi connectivity index (χ0v) is 18.8. The van der Waals surface area contributed by atoms with Crippen LogP contribution in [-0.2, 0) is 9.59 Å². The minimum Gasteiger partial charge on any atom is -0.326 e. The zero-order chi connectivity index (χ0) is 22.9. The summed E-state index contributed by atoms with van der Waals surface area (Å²) < 4.78 is 0. The molecule has 0 saturated heterocycles. The van der Waals surface area contributed by atoms with Crippen molar-refractivity contribution in [2.24, 2.45) is 5.10 Å². The van der Waals surface area contributed by atoms with Crippen molar-refractivity contribution < 1.29 is 9.59 Å². The Hall–Kier alpha value is -3.73. The molecule has 0 bridgehead atoms.